The van der Waals surface area contributed by atoms with Crippen molar-refractivity contribution in [2.24, 2.45) is 10.9 Å². The highest BCUT2D eigenvalue weighted by Gasteiger charge is 2.22. The number of guanidine groups is 1. The van der Waals surface area contributed by atoms with Crippen molar-refractivity contribution in [2.75, 3.05) is 13.2 Å². The van der Waals surface area contributed by atoms with Crippen molar-refractivity contribution in [3.63, 3.8) is 0 Å². The van der Waals surface area contributed by atoms with Crippen LogP contribution in [0.15, 0.2) is 46.1 Å². The molecule has 0 aliphatic heterocycles. The molecule has 4 nitrogen and oxygen atoms in total. The van der Waals surface area contributed by atoms with Crippen molar-refractivity contribution >= 4 is 17.3 Å². The van der Waals surface area contributed by atoms with Gasteiger partial charge in [0.1, 0.15) is 5.75 Å². The zero-order valence-corrected chi connectivity index (χ0v) is 14.9. The Balaban J connectivity index is 1.58. The van der Waals surface area contributed by atoms with Crippen LogP contribution in [0.3, 0.4) is 0 Å². The highest BCUT2D eigenvalue weighted by atomic mass is 32.1. The number of nitrogens with zero attached hydrogens (tertiary/aromatic N) is 1. The maximum absolute atomic E-state index is 5.97. The molecule has 5 heteroatoms. The predicted molar refractivity (Wildman–Crippen MR) is 101 cm³/mol. The Morgan fingerprint density at radius 2 is 2.12 bits per heavy atom. The van der Waals surface area contributed by atoms with E-state index >= 15 is 0 Å². The fourth-order valence-electron chi connectivity index (χ4n) is 2.36. The summed E-state index contributed by atoms with van der Waals surface area (Å²) in [5.41, 5.74) is 2.41. The van der Waals surface area contributed by atoms with E-state index in [1.807, 2.05) is 6.07 Å². The van der Waals surface area contributed by atoms with Crippen LogP contribution in [0.2, 0.25) is 0 Å². The fraction of sp³-hybridized carbons (Fsp3) is 0.421. The minimum absolute atomic E-state index is 0.693. The van der Waals surface area contributed by atoms with Crippen molar-refractivity contribution in [1.82, 2.24) is 10.6 Å². The molecule has 0 radical (unpaired) electrons. The maximum Gasteiger partial charge on any atom is 0.191 e. The molecule has 2 N–H and O–H groups in total. The van der Waals surface area contributed by atoms with Crippen LogP contribution in [0, 0.1) is 5.92 Å². The minimum Gasteiger partial charge on any atom is -0.493 e. The van der Waals surface area contributed by atoms with E-state index in [9.17, 15) is 0 Å². The van der Waals surface area contributed by atoms with Crippen molar-refractivity contribution in [2.45, 2.75) is 32.9 Å². The standard InChI is InChI=1S/C19H25N3OS/c1-2-20-19(21-11-16-9-10-24-14-16)22-12-17-5-3-4-6-18(17)23-13-15-7-8-15/h3-6,9-10,14-15H,2,7-8,11-13H2,1H3,(H2,20,21,22). The molecular weight excluding hydrogens is 318 g/mol. The van der Waals surface area contributed by atoms with Gasteiger partial charge in [-0.05, 0) is 54.1 Å². The number of rotatable bonds is 8. The molecule has 128 valence electrons. The molecule has 3 rings (SSSR count). The van der Waals surface area contributed by atoms with Gasteiger partial charge in [-0.2, -0.15) is 11.3 Å². The summed E-state index contributed by atoms with van der Waals surface area (Å²) in [5, 5.41) is 10.9. The van der Waals surface area contributed by atoms with Crippen LogP contribution in [0.4, 0.5) is 0 Å². The van der Waals surface area contributed by atoms with Crippen LogP contribution in [0.5, 0.6) is 5.75 Å². The quantitative estimate of drug-likeness (QED) is 0.566. The number of para-hydroxylation sites is 1. The molecule has 0 spiro atoms. The Labute approximate surface area is 148 Å². The third-order valence-electron chi connectivity index (χ3n) is 3.93. The normalized spacial score (nSPS) is 14.5. The lowest BCUT2D eigenvalue weighted by molar-refractivity contribution is 0.296. The Hall–Kier alpha value is -2.01. The van der Waals surface area contributed by atoms with Gasteiger partial charge in [-0.1, -0.05) is 18.2 Å². The van der Waals surface area contributed by atoms with Gasteiger partial charge in [0.15, 0.2) is 5.96 Å². The van der Waals surface area contributed by atoms with Crippen LogP contribution in [0.25, 0.3) is 0 Å². The molecule has 24 heavy (non-hydrogen) atoms. The van der Waals surface area contributed by atoms with E-state index in [0.717, 1.165) is 30.8 Å². The number of ether oxygens (including phenoxy) is 1. The molecule has 1 heterocycles. The Kier molecular flexibility index (Phi) is 6.13. The van der Waals surface area contributed by atoms with Crippen LogP contribution in [-0.4, -0.2) is 19.1 Å². The van der Waals surface area contributed by atoms with E-state index in [4.69, 9.17) is 4.74 Å². The summed E-state index contributed by atoms with van der Waals surface area (Å²) in [6.45, 7) is 5.15. The second-order valence-corrected chi connectivity index (χ2v) is 6.82. The van der Waals surface area contributed by atoms with E-state index in [-0.39, 0.29) is 0 Å². The largest absolute Gasteiger partial charge is 0.493 e. The average molecular weight is 343 g/mol. The van der Waals surface area contributed by atoms with Crippen molar-refractivity contribution < 1.29 is 4.74 Å². The molecule has 1 aromatic heterocycles. The lowest BCUT2D eigenvalue weighted by Crippen LogP contribution is -2.36. The topological polar surface area (TPSA) is 45.7 Å². The van der Waals surface area contributed by atoms with Gasteiger partial charge in [-0.15, -0.1) is 0 Å². The SMILES string of the molecule is CCNC(=NCc1ccsc1)NCc1ccccc1OCC1CC1. The second kappa shape index (κ2) is 8.73. The van der Waals surface area contributed by atoms with Crippen molar-refractivity contribution in [3.8, 4) is 5.75 Å². The van der Waals surface area contributed by atoms with Gasteiger partial charge < -0.3 is 15.4 Å². The van der Waals surface area contributed by atoms with E-state index in [1.165, 1.54) is 24.0 Å². The molecule has 0 bridgehead atoms. The molecule has 1 aromatic carbocycles. The molecule has 0 atom stereocenters. The van der Waals surface area contributed by atoms with Gasteiger partial charge in [0.05, 0.1) is 13.2 Å². The van der Waals surface area contributed by atoms with Crippen molar-refractivity contribution in [1.29, 1.82) is 0 Å². The molecule has 0 unspecified atom stereocenters. The number of nitrogens with one attached hydrogen (secondary N) is 2. The summed E-state index contributed by atoms with van der Waals surface area (Å²) in [6.07, 6.45) is 2.61. The molecule has 1 fully saturated rings. The summed E-state index contributed by atoms with van der Waals surface area (Å²) in [5.74, 6) is 2.57. The third kappa shape index (κ3) is 5.27. The first kappa shape index (κ1) is 16.8. The predicted octanol–water partition coefficient (Wildman–Crippen LogP) is 3.79. The van der Waals surface area contributed by atoms with Gasteiger partial charge in [0, 0.05) is 18.7 Å². The zero-order chi connectivity index (χ0) is 16.6. The molecule has 0 amide bonds. The first-order valence-corrected chi connectivity index (χ1v) is 9.53. The summed E-state index contributed by atoms with van der Waals surface area (Å²) >= 11 is 1.70. The summed E-state index contributed by atoms with van der Waals surface area (Å²) in [7, 11) is 0. The number of aliphatic imine (C=N–C) groups is 1. The highest BCUT2D eigenvalue weighted by Crippen LogP contribution is 2.30. The van der Waals surface area contributed by atoms with Crippen molar-refractivity contribution in [3.05, 3.63) is 52.2 Å². The zero-order valence-electron chi connectivity index (χ0n) is 14.1. The molecule has 0 saturated heterocycles. The lowest BCUT2D eigenvalue weighted by Gasteiger charge is -2.14. The van der Waals surface area contributed by atoms with Crippen LogP contribution >= 0.6 is 11.3 Å². The molecule has 1 aliphatic carbocycles. The van der Waals surface area contributed by atoms with Gasteiger partial charge in [-0.25, -0.2) is 4.99 Å². The monoisotopic (exact) mass is 343 g/mol. The van der Waals surface area contributed by atoms with E-state index in [0.29, 0.717) is 13.1 Å². The average Bonchev–Trinajstić information content (AvgIpc) is 3.29. The summed E-state index contributed by atoms with van der Waals surface area (Å²) in [4.78, 5) is 4.65. The summed E-state index contributed by atoms with van der Waals surface area (Å²) in [6, 6.07) is 10.4. The number of benzene rings is 1. The Morgan fingerprint density at radius 1 is 1.25 bits per heavy atom. The Morgan fingerprint density at radius 3 is 2.88 bits per heavy atom. The second-order valence-electron chi connectivity index (χ2n) is 6.04. The molecular formula is C19H25N3OS. The third-order valence-corrected chi connectivity index (χ3v) is 4.67. The van der Waals surface area contributed by atoms with E-state index < -0.39 is 0 Å². The number of hydrogen-bond donors (Lipinski definition) is 2. The Bertz CT molecular complexity index is 650. The number of hydrogen-bond acceptors (Lipinski definition) is 3. The first-order valence-electron chi connectivity index (χ1n) is 8.59. The minimum atomic E-state index is 0.693. The lowest BCUT2D eigenvalue weighted by atomic mass is 10.2. The van der Waals surface area contributed by atoms with Gasteiger partial charge in [0.25, 0.3) is 0 Å². The summed E-state index contributed by atoms with van der Waals surface area (Å²) < 4.78 is 5.97. The van der Waals surface area contributed by atoms with Gasteiger partial charge in [0.2, 0.25) is 0 Å². The van der Waals surface area contributed by atoms with Gasteiger partial charge >= 0.3 is 0 Å². The van der Waals surface area contributed by atoms with E-state index in [2.05, 4.69) is 57.6 Å². The molecule has 2 aromatic rings. The highest BCUT2D eigenvalue weighted by molar-refractivity contribution is 7.07. The maximum atomic E-state index is 5.97. The molecule has 1 aliphatic rings. The first-order chi connectivity index (χ1) is 11.8. The van der Waals surface area contributed by atoms with Crippen LogP contribution < -0.4 is 15.4 Å². The smallest absolute Gasteiger partial charge is 0.191 e. The van der Waals surface area contributed by atoms with E-state index in [1.54, 1.807) is 11.3 Å². The number of thiophene rings is 1. The molecule has 1 saturated carbocycles. The van der Waals surface area contributed by atoms with Crippen LogP contribution in [0.1, 0.15) is 30.9 Å². The fourth-order valence-corrected chi connectivity index (χ4v) is 3.02. The van der Waals surface area contributed by atoms with Gasteiger partial charge in [-0.3, -0.25) is 0 Å². The van der Waals surface area contributed by atoms with Crippen LogP contribution in [-0.2, 0) is 13.1 Å².